The number of fused-ring (bicyclic) bond motifs is 1. The molecule has 188 valence electrons. The average Bonchev–Trinajstić information content (AvgIpc) is 3.41. The zero-order chi connectivity index (χ0) is 25.1. The molecule has 1 saturated heterocycles. The average molecular weight is 506 g/mol. The van der Waals surface area contributed by atoms with Crippen LogP contribution in [-0.4, -0.2) is 45.0 Å². The number of sulfonamides is 1. The van der Waals surface area contributed by atoms with Gasteiger partial charge in [-0.1, -0.05) is 48.5 Å². The number of nitrogens with zero attached hydrogens (tertiary/aromatic N) is 2. The van der Waals surface area contributed by atoms with Crippen LogP contribution < -0.4 is 14.4 Å². The first kappa shape index (κ1) is 24.3. The lowest BCUT2D eigenvalue weighted by Gasteiger charge is -2.35. The predicted molar refractivity (Wildman–Crippen MR) is 139 cm³/mol. The van der Waals surface area contributed by atoms with Crippen molar-refractivity contribution in [2.24, 2.45) is 0 Å². The topological polar surface area (TPSA) is 79.0 Å². The van der Waals surface area contributed by atoms with Crippen LogP contribution in [0.1, 0.15) is 29.5 Å². The molecule has 5 rings (SSSR count). The Morgan fingerprint density at radius 1 is 0.972 bits per heavy atom. The third kappa shape index (κ3) is 5.24. The molecule has 2 aliphatic heterocycles. The van der Waals surface area contributed by atoms with Crippen molar-refractivity contribution in [1.29, 1.82) is 0 Å². The van der Waals surface area contributed by atoms with E-state index in [1.54, 1.807) is 42.5 Å². The summed E-state index contributed by atoms with van der Waals surface area (Å²) in [5, 5.41) is 2.92. The van der Waals surface area contributed by atoms with Crippen LogP contribution in [0.5, 0.6) is 5.75 Å². The lowest BCUT2D eigenvalue weighted by Crippen LogP contribution is -2.50. The van der Waals surface area contributed by atoms with E-state index in [1.165, 1.54) is 22.7 Å². The highest BCUT2D eigenvalue weighted by atomic mass is 32.2. The largest absolute Gasteiger partial charge is 0.476 e. The second-order valence-electron chi connectivity index (χ2n) is 9.44. The maximum Gasteiger partial charge on any atom is 0.264 e. The van der Waals surface area contributed by atoms with Gasteiger partial charge in [0.1, 0.15) is 5.75 Å². The van der Waals surface area contributed by atoms with Crippen LogP contribution in [0.4, 0.5) is 5.69 Å². The zero-order valence-corrected chi connectivity index (χ0v) is 21.2. The maximum absolute atomic E-state index is 13.5. The second kappa shape index (κ2) is 10.3. The van der Waals surface area contributed by atoms with Crippen molar-refractivity contribution in [3.05, 3.63) is 89.5 Å². The van der Waals surface area contributed by atoms with Crippen molar-refractivity contribution in [2.45, 2.75) is 43.9 Å². The highest BCUT2D eigenvalue weighted by Gasteiger charge is 2.37. The fraction of sp³-hybridized carbons (Fsp3) is 0.321. The first-order chi connectivity index (χ1) is 17.4. The van der Waals surface area contributed by atoms with Gasteiger partial charge in [0.15, 0.2) is 6.10 Å². The van der Waals surface area contributed by atoms with Crippen molar-refractivity contribution in [2.75, 3.05) is 23.9 Å². The van der Waals surface area contributed by atoms with Gasteiger partial charge < -0.3 is 10.1 Å². The van der Waals surface area contributed by atoms with Gasteiger partial charge in [-0.15, -0.1) is 0 Å². The highest BCUT2D eigenvalue weighted by Crippen LogP contribution is 2.37. The molecule has 1 amide bonds. The summed E-state index contributed by atoms with van der Waals surface area (Å²) >= 11 is 0. The molecule has 1 atom stereocenters. The Kier molecular flexibility index (Phi) is 6.98. The van der Waals surface area contributed by atoms with Crippen molar-refractivity contribution in [3.63, 3.8) is 0 Å². The second-order valence-corrected chi connectivity index (χ2v) is 11.3. The molecule has 2 heterocycles. The molecule has 7 nitrogen and oxygen atoms in total. The molecule has 0 bridgehead atoms. The van der Waals surface area contributed by atoms with Gasteiger partial charge in [-0.25, -0.2) is 8.42 Å². The molecule has 3 aromatic rings. The third-order valence-electron chi connectivity index (χ3n) is 6.70. The van der Waals surface area contributed by atoms with E-state index < -0.39 is 16.1 Å². The van der Waals surface area contributed by atoms with Gasteiger partial charge in [-0.3, -0.25) is 14.0 Å². The number of carbonyl (C=O) groups is 1. The SMILES string of the molecule is Cc1ccc2c(c1)N(S(=O)(=O)c1ccccc1)CC(C(=O)NCc1ccc(CN3CCCC3)cc1)O2. The van der Waals surface area contributed by atoms with Crippen LogP contribution in [0.25, 0.3) is 0 Å². The number of likely N-dealkylation sites (tertiary alicyclic amines) is 1. The van der Waals surface area contributed by atoms with Gasteiger partial charge in [-0.2, -0.15) is 0 Å². The summed E-state index contributed by atoms with van der Waals surface area (Å²) < 4.78 is 34.3. The summed E-state index contributed by atoms with van der Waals surface area (Å²) in [5.74, 6) is 0.0217. The summed E-state index contributed by atoms with van der Waals surface area (Å²) in [7, 11) is -3.87. The molecular formula is C28H31N3O4S. The number of anilines is 1. The van der Waals surface area contributed by atoms with Gasteiger partial charge in [0.05, 0.1) is 17.1 Å². The number of hydrogen-bond acceptors (Lipinski definition) is 5. The molecular weight excluding hydrogens is 474 g/mol. The molecule has 3 aromatic carbocycles. The summed E-state index contributed by atoms with van der Waals surface area (Å²) in [5.41, 5.74) is 3.59. The third-order valence-corrected chi connectivity index (χ3v) is 8.50. The highest BCUT2D eigenvalue weighted by molar-refractivity contribution is 7.92. The van der Waals surface area contributed by atoms with E-state index in [1.807, 2.05) is 25.1 Å². The maximum atomic E-state index is 13.5. The molecule has 1 fully saturated rings. The minimum Gasteiger partial charge on any atom is -0.476 e. The number of ether oxygens (including phenoxy) is 1. The fourth-order valence-electron chi connectivity index (χ4n) is 4.71. The van der Waals surface area contributed by atoms with E-state index in [9.17, 15) is 13.2 Å². The number of benzene rings is 3. The summed E-state index contributed by atoms with van der Waals surface area (Å²) in [6.07, 6.45) is 1.57. The van der Waals surface area contributed by atoms with E-state index >= 15 is 0 Å². The first-order valence-corrected chi connectivity index (χ1v) is 13.8. The van der Waals surface area contributed by atoms with E-state index in [2.05, 4.69) is 22.3 Å². The Hall–Kier alpha value is -3.36. The first-order valence-electron chi connectivity index (χ1n) is 12.3. The van der Waals surface area contributed by atoms with Crippen molar-refractivity contribution >= 4 is 21.6 Å². The van der Waals surface area contributed by atoms with Gasteiger partial charge >= 0.3 is 0 Å². The molecule has 0 saturated carbocycles. The minimum absolute atomic E-state index is 0.103. The number of aryl methyl sites for hydroxylation is 1. The van der Waals surface area contributed by atoms with E-state index in [4.69, 9.17) is 4.74 Å². The predicted octanol–water partition coefficient (Wildman–Crippen LogP) is 3.86. The van der Waals surface area contributed by atoms with Crippen LogP contribution in [0.2, 0.25) is 0 Å². The van der Waals surface area contributed by atoms with Crippen LogP contribution >= 0.6 is 0 Å². The Bertz CT molecular complexity index is 1320. The van der Waals surface area contributed by atoms with E-state index in [0.29, 0.717) is 18.0 Å². The summed E-state index contributed by atoms with van der Waals surface area (Å²) in [6.45, 7) is 5.39. The molecule has 0 aliphatic carbocycles. The summed E-state index contributed by atoms with van der Waals surface area (Å²) in [4.78, 5) is 15.7. The lowest BCUT2D eigenvalue weighted by atomic mass is 10.1. The number of rotatable bonds is 7. The molecule has 2 aliphatic rings. The Morgan fingerprint density at radius 2 is 1.67 bits per heavy atom. The van der Waals surface area contributed by atoms with Crippen LogP contribution in [-0.2, 0) is 27.9 Å². The minimum atomic E-state index is -3.87. The molecule has 0 radical (unpaired) electrons. The molecule has 0 spiro atoms. The lowest BCUT2D eigenvalue weighted by molar-refractivity contribution is -0.127. The Labute approximate surface area is 212 Å². The van der Waals surface area contributed by atoms with Gasteiger partial charge in [0.25, 0.3) is 15.9 Å². The van der Waals surface area contributed by atoms with Crippen LogP contribution in [0, 0.1) is 6.92 Å². The van der Waals surface area contributed by atoms with Gasteiger partial charge in [0, 0.05) is 13.1 Å². The standard InChI is InChI=1S/C28H31N3O4S/c1-21-9-14-26-25(17-21)31(36(33,34)24-7-3-2-4-8-24)20-27(35-26)28(32)29-18-22-10-12-23(13-11-22)19-30-15-5-6-16-30/h2-4,7-14,17,27H,5-6,15-16,18-20H2,1H3,(H,29,32). The molecule has 0 aromatic heterocycles. The van der Waals surface area contributed by atoms with Crippen LogP contribution in [0.3, 0.4) is 0 Å². The monoisotopic (exact) mass is 505 g/mol. The van der Waals surface area contributed by atoms with Gasteiger partial charge in [0.2, 0.25) is 0 Å². The molecule has 1 unspecified atom stereocenters. The van der Waals surface area contributed by atoms with Gasteiger partial charge in [-0.05, 0) is 73.8 Å². The van der Waals surface area contributed by atoms with Crippen molar-refractivity contribution in [3.8, 4) is 5.75 Å². The fourth-order valence-corrected chi connectivity index (χ4v) is 6.20. The molecule has 36 heavy (non-hydrogen) atoms. The number of nitrogens with one attached hydrogen (secondary N) is 1. The zero-order valence-electron chi connectivity index (χ0n) is 20.4. The number of carbonyl (C=O) groups excluding carboxylic acids is 1. The smallest absolute Gasteiger partial charge is 0.264 e. The number of hydrogen-bond donors (Lipinski definition) is 1. The van der Waals surface area contributed by atoms with Crippen molar-refractivity contribution < 1.29 is 17.9 Å². The van der Waals surface area contributed by atoms with E-state index in [-0.39, 0.29) is 17.3 Å². The van der Waals surface area contributed by atoms with E-state index in [0.717, 1.165) is 30.8 Å². The van der Waals surface area contributed by atoms with Crippen molar-refractivity contribution in [1.82, 2.24) is 10.2 Å². The van der Waals surface area contributed by atoms with Crippen LogP contribution in [0.15, 0.2) is 77.7 Å². The Balaban J connectivity index is 1.29. The molecule has 8 heteroatoms. The quantitative estimate of drug-likeness (QED) is 0.528. The summed E-state index contributed by atoms with van der Waals surface area (Å²) in [6, 6.07) is 21.8. The number of amides is 1. The normalized spacial score (nSPS) is 17.9. The molecule has 1 N–H and O–H groups in total. The Morgan fingerprint density at radius 3 is 2.39 bits per heavy atom.